The van der Waals surface area contributed by atoms with Gasteiger partial charge < -0.3 is 4.74 Å². The third-order valence-corrected chi connectivity index (χ3v) is 2.63. The van der Waals surface area contributed by atoms with Gasteiger partial charge in [-0.05, 0) is 30.8 Å². The number of isothiocyanates is 1. The van der Waals surface area contributed by atoms with Gasteiger partial charge in [-0.1, -0.05) is 0 Å². The maximum atomic E-state index is 11.1. The summed E-state index contributed by atoms with van der Waals surface area (Å²) in [5.74, 6) is -0.348. The average molecular weight is 213 g/mol. The van der Waals surface area contributed by atoms with Crippen molar-refractivity contribution >= 4 is 39.7 Å². The monoisotopic (exact) mass is 213 g/mol. The van der Waals surface area contributed by atoms with Crippen molar-refractivity contribution in [2.24, 2.45) is 4.99 Å². The zero-order chi connectivity index (χ0) is 9.84. The number of carbonyl (C=O) groups is 1. The van der Waals surface area contributed by atoms with Crippen LogP contribution in [-0.2, 0) is 4.74 Å². The Balaban J connectivity index is 3.08. The molecule has 13 heavy (non-hydrogen) atoms. The highest BCUT2D eigenvalue weighted by Gasteiger charge is 2.11. The van der Waals surface area contributed by atoms with Crippen LogP contribution in [0.5, 0.6) is 0 Å². The van der Waals surface area contributed by atoms with Crippen molar-refractivity contribution in [3.63, 3.8) is 0 Å². The highest BCUT2D eigenvalue weighted by Crippen LogP contribution is 2.29. The van der Waals surface area contributed by atoms with Gasteiger partial charge in [0.15, 0.2) is 0 Å². The lowest BCUT2D eigenvalue weighted by molar-refractivity contribution is 0.0606. The van der Waals surface area contributed by atoms with Crippen LogP contribution in [0.15, 0.2) is 11.1 Å². The Morgan fingerprint density at radius 3 is 3.00 bits per heavy atom. The standard InChI is InChI=1S/C8H7NO2S2/c1-5-3-6(8(10)11-2)13-7(5)9-4-12/h3H,1-2H3. The summed E-state index contributed by atoms with van der Waals surface area (Å²) in [6.07, 6.45) is 0. The lowest BCUT2D eigenvalue weighted by Crippen LogP contribution is -1.96. The Kier molecular flexibility index (Phi) is 3.31. The Morgan fingerprint density at radius 2 is 2.46 bits per heavy atom. The fourth-order valence-electron chi connectivity index (χ4n) is 0.826. The molecular weight excluding hydrogens is 206 g/mol. The molecule has 0 N–H and O–H groups in total. The van der Waals surface area contributed by atoms with E-state index >= 15 is 0 Å². The first-order chi connectivity index (χ1) is 6.19. The largest absolute Gasteiger partial charge is 0.465 e. The number of hydrogen-bond donors (Lipinski definition) is 0. The summed E-state index contributed by atoms with van der Waals surface area (Å²) < 4.78 is 4.57. The number of nitrogens with zero attached hydrogens (tertiary/aromatic N) is 1. The topological polar surface area (TPSA) is 38.7 Å². The van der Waals surface area contributed by atoms with E-state index < -0.39 is 0 Å². The van der Waals surface area contributed by atoms with Crippen LogP contribution in [0.25, 0.3) is 0 Å². The molecule has 0 bridgehead atoms. The van der Waals surface area contributed by atoms with Gasteiger partial charge in [0.05, 0.1) is 12.3 Å². The van der Waals surface area contributed by atoms with Crippen molar-refractivity contribution in [1.82, 2.24) is 0 Å². The Bertz CT molecular complexity index is 377. The van der Waals surface area contributed by atoms with Crippen LogP contribution in [0.3, 0.4) is 0 Å². The first kappa shape index (κ1) is 10.1. The second-order valence-corrected chi connectivity index (χ2v) is 3.51. The Morgan fingerprint density at radius 1 is 1.77 bits per heavy atom. The van der Waals surface area contributed by atoms with Crippen LogP contribution in [0.1, 0.15) is 15.2 Å². The van der Waals surface area contributed by atoms with E-state index in [1.54, 1.807) is 6.07 Å². The average Bonchev–Trinajstić information content (AvgIpc) is 2.47. The predicted molar refractivity (Wildman–Crippen MR) is 55.1 cm³/mol. The highest BCUT2D eigenvalue weighted by molar-refractivity contribution is 7.78. The highest BCUT2D eigenvalue weighted by atomic mass is 32.1. The number of ether oxygens (including phenoxy) is 1. The Labute approximate surface area is 85.1 Å². The molecule has 0 saturated heterocycles. The van der Waals surface area contributed by atoms with Gasteiger partial charge in [-0.25, -0.2) is 4.79 Å². The van der Waals surface area contributed by atoms with E-state index in [0.717, 1.165) is 5.56 Å². The molecule has 68 valence electrons. The maximum absolute atomic E-state index is 11.1. The van der Waals surface area contributed by atoms with E-state index in [2.05, 4.69) is 27.1 Å². The normalized spacial score (nSPS) is 9.08. The second kappa shape index (κ2) is 4.28. The van der Waals surface area contributed by atoms with Gasteiger partial charge in [-0.15, -0.1) is 11.3 Å². The van der Waals surface area contributed by atoms with E-state index in [0.29, 0.717) is 9.88 Å². The number of thiophene rings is 1. The molecule has 5 heteroatoms. The molecule has 0 aliphatic heterocycles. The van der Waals surface area contributed by atoms with Crippen LogP contribution in [0.2, 0.25) is 0 Å². The minimum absolute atomic E-state index is 0.348. The van der Waals surface area contributed by atoms with Gasteiger partial charge in [0, 0.05) is 0 Å². The molecule has 1 aromatic heterocycles. The summed E-state index contributed by atoms with van der Waals surface area (Å²) in [7, 11) is 1.35. The first-order valence-corrected chi connectivity index (χ1v) is 4.68. The van der Waals surface area contributed by atoms with Crippen LogP contribution in [-0.4, -0.2) is 18.2 Å². The maximum Gasteiger partial charge on any atom is 0.348 e. The number of esters is 1. The summed E-state index contributed by atoms with van der Waals surface area (Å²) in [4.78, 5) is 15.4. The minimum atomic E-state index is -0.348. The SMILES string of the molecule is COC(=O)c1cc(C)c(N=C=S)s1. The number of methoxy groups -OCH3 is 1. The third kappa shape index (κ3) is 2.21. The molecule has 0 aromatic carbocycles. The van der Waals surface area contributed by atoms with Crippen LogP contribution in [0.4, 0.5) is 5.00 Å². The van der Waals surface area contributed by atoms with Gasteiger partial charge in [-0.3, -0.25) is 0 Å². The van der Waals surface area contributed by atoms with Crippen molar-refractivity contribution in [3.05, 3.63) is 16.5 Å². The summed E-state index contributed by atoms with van der Waals surface area (Å²) >= 11 is 5.72. The molecular formula is C8H7NO2S2. The molecule has 1 heterocycles. The van der Waals surface area contributed by atoms with Crippen LogP contribution < -0.4 is 0 Å². The molecule has 0 fully saturated rings. The van der Waals surface area contributed by atoms with Gasteiger partial charge in [-0.2, -0.15) is 4.99 Å². The summed E-state index contributed by atoms with van der Waals surface area (Å²) in [6.45, 7) is 1.86. The molecule has 0 atom stereocenters. The predicted octanol–water partition coefficient (Wildman–Crippen LogP) is 2.58. The lowest BCUT2D eigenvalue weighted by atomic mass is 10.3. The van der Waals surface area contributed by atoms with Crippen molar-refractivity contribution in [2.45, 2.75) is 6.92 Å². The number of carbonyl (C=O) groups excluding carboxylic acids is 1. The van der Waals surface area contributed by atoms with E-state index in [-0.39, 0.29) is 5.97 Å². The fraction of sp³-hybridized carbons (Fsp3) is 0.250. The number of aryl methyl sites for hydroxylation is 1. The van der Waals surface area contributed by atoms with E-state index in [1.165, 1.54) is 18.4 Å². The van der Waals surface area contributed by atoms with E-state index in [9.17, 15) is 4.79 Å². The molecule has 0 spiro atoms. The van der Waals surface area contributed by atoms with Crippen LogP contribution in [0, 0.1) is 6.92 Å². The lowest BCUT2D eigenvalue weighted by Gasteiger charge is -1.90. The molecule has 3 nitrogen and oxygen atoms in total. The molecule has 1 aromatic rings. The van der Waals surface area contributed by atoms with Crippen LogP contribution >= 0.6 is 23.6 Å². The number of rotatable bonds is 2. The summed E-state index contributed by atoms with van der Waals surface area (Å²) in [5.41, 5.74) is 0.905. The molecule has 0 aliphatic rings. The number of aliphatic imine (C=N–C) groups is 1. The molecule has 0 radical (unpaired) electrons. The second-order valence-electron chi connectivity index (χ2n) is 2.29. The van der Waals surface area contributed by atoms with Crippen molar-refractivity contribution < 1.29 is 9.53 Å². The Hall–Kier alpha value is -1.03. The molecule has 0 saturated carbocycles. The van der Waals surface area contributed by atoms with Gasteiger partial charge in [0.2, 0.25) is 0 Å². The van der Waals surface area contributed by atoms with E-state index in [4.69, 9.17) is 0 Å². The number of thiocarbonyl (C=S) groups is 1. The van der Waals surface area contributed by atoms with Crippen molar-refractivity contribution in [3.8, 4) is 0 Å². The zero-order valence-corrected chi connectivity index (χ0v) is 8.79. The smallest absolute Gasteiger partial charge is 0.348 e. The van der Waals surface area contributed by atoms with Gasteiger partial charge in [0.25, 0.3) is 0 Å². The molecule has 1 rings (SSSR count). The summed E-state index contributed by atoms with van der Waals surface area (Å²) in [5, 5.41) is 2.97. The quantitative estimate of drug-likeness (QED) is 0.430. The zero-order valence-electron chi connectivity index (χ0n) is 7.16. The van der Waals surface area contributed by atoms with Crippen molar-refractivity contribution in [2.75, 3.05) is 7.11 Å². The third-order valence-electron chi connectivity index (χ3n) is 1.43. The minimum Gasteiger partial charge on any atom is -0.465 e. The van der Waals surface area contributed by atoms with E-state index in [1.807, 2.05) is 6.92 Å². The fourth-order valence-corrected chi connectivity index (χ4v) is 1.90. The number of hydrogen-bond acceptors (Lipinski definition) is 5. The molecule has 0 unspecified atom stereocenters. The van der Waals surface area contributed by atoms with Gasteiger partial charge >= 0.3 is 5.97 Å². The summed E-state index contributed by atoms with van der Waals surface area (Å²) in [6, 6.07) is 1.72. The molecule has 0 amide bonds. The van der Waals surface area contributed by atoms with Gasteiger partial charge in [0.1, 0.15) is 9.88 Å². The first-order valence-electron chi connectivity index (χ1n) is 3.45. The molecule has 0 aliphatic carbocycles. The van der Waals surface area contributed by atoms with Crippen molar-refractivity contribution in [1.29, 1.82) is 0 Å².